The van der Waals surface area contributed by atoms with Crippen molar-refractivity contribution in [2.45, 2.75) is 52.9 Å². The van der Waals surface area contributed by atoms with Crippen LogP contribution in [0.25, 0.3) is 0 Å². The lowest BCUT2D eigenvalue weighted by molar-refractivity contribution is -0.181. The van der Waals surface area contributed by atoms with Crippen LogP contribution in [0.3, 0.4) is 0 Å². The summed E-state index contributed by atoms with van der Waals surface area (Å²) in [6.07, 6.45) is 1.09. The van der Waals surface area contributed by atoms with Crippen molar-refractivity contribution in [2.24, 2.45) is 11.8 Å². The highest BCUT2D eigenvalue weighted by Crippen LogP contribution is 2.22. The Bertz CT molecular complexity index is 211. The number of carbonyl (C=O) groups is 1. The van der Waals surface area contributed by atoms with Gasteiger partial charge >= 0.3 is 5.97 Å². The Morgan fingerprint density at radius 3 is 2.00 bits per heavy atom. The van der Waals surface area contributed by atoms with Crippen molar-refractivity contribution < 1.29 is 19.0 Å². The van der Waals surface area contributed by atoms with E-state index in [2.05, 4.69) is 13.8 Å². The normalized spacial score (nSPS) is 15.1. The van der Waals surface area contributed by atoms with Crippen molar-refractivity contribution in [3.05, 3.63) is 0 Å². The van der Waals surface area contributed by atoms with Gasteiger partial charge in [-0.2, -0.15) is 0 Å². The molecule has 4 nitrogen and oxygen atoms in total. The second-order valence-corrected chi connectivity index (χ2v) is 4.68. The molecule has 0 aromatic heterocycles. The Hall–Kier alpha value is -0.610. The zero-order valence-corrected chi connectivity index (χ0v) is 11.9. The number of ether oxygens (including phenoxy) is 3. The van der Waals surface area contributed by atoms with Gasteiger partial charge in [0.2, 0.25) is 0 Å². The van der Waals surface area contributed by atoms with E-state index in [9.17, 15) is 4.79 Å². The lowest BCUT2D eigenvalue weighted by atomic mass is 9.93. The van der Waals surface area contributed by atoms with Crippen molar-refractivity contribution in [3.8, 4) is 0 Å². The fourth-order valence-corrected chi connectivity index (χ4v) is 1.66. The Balaban J connectivity index is 4.64. The van der Waals surface area contributed by atoms with Gasteiger partial charge in [0.25, 0.3) is 0 Å². The van der Waals surface area contributed by atoms with E-state index in [1.807, 2.05) is 13.8 Å². The second kappa shape index (κ2) is 8.48. The SMILES string of the molecule is CCC(C)CC(C(=O)OC(C)C)C(OC)OC. The van der Waals surface area contributed by atoms with Gasteiger partial charge in [0.1, 0.15) is 5.92 Å². The van der Waals surface area contributed by atoms with Gasteiger partial charge in [-0.1, -0.05) is 20.3 Å². The molecule has 0 N–H and O–H groups in total. The van der Waals surface area contributed by atoms with Gasteiger partial charge in [-0.05, 0) is 26.2 Å². The summed E-state index contributed by atoms with van der Waals surface area (Å²) in [4.78, 5) is 12.0. The molecule has 0 heterocycles. The highest BCUT2D eigenvalue weighted by Gasteiger charge is 2.31. The molecule has 2 atom stereocenters. The van der Waals surface area contributed by atoms with E-state index < -0.39 is 6.29 Å². The first-order chi connectivity index (χ1) is 7.96. The van der Waals surface area contributed by atoms with Crippen molar-refractivity contribution in [3.63, 3.8) is 0 Å². The van der Waals surface area contributed by atoms with Gasteiger partial charge in [-0.15, -0.1) is 0 Å². The molecule has 0 rings (SSSR count). The van der Waals surface area contributed by atoms with E-state index in [4.69, 9.17) is 14.2 Å². The monoisotopic (exact) mass is 246 g/mol. The molecule has 0 amide bonds. The molecule has 0 aliphatic rings. The summed E-state index contributed by atoms with van der Waals surface area (Å²) >= 11 is 0. The molecule has 0 aromatic carbocycles. The summed E-state index contributed by atoms with van der Waals surface area (Å²) in [5.74, 6) is -0.163. The van der Waals surface area contributed by atoms with Crippen LogP contribution in [0, 0.1) is 11.8 Å². The molecule has 4 heteroatoms. The third-order valence-electron chi connectivity index (χ3n) is 2.80. The number of carbonyl (C=O) groups excluding carboxylic acids is 1. The first-order valence-electron chi connectivity index (χ1n) is 6.22. The zero-order valence-electron chi connectivity index (χ0n) is 11.9. The number of rotatable bonds is 8. The third kappa shape index (κ3) is 6.03. The first kappa shape index (κ1) is 16.4. The van der Waals surface area contributed by atoms with Gasteiger partial charge in [0.15, 0.2) is 6.29 Å². The van der Waals surface area contributed by atoms with Crippen LogP contribution in [0.5, 0.6) is 0 Å². The number of hydrogen-bond acceptors (Lipinski definition) is 4. The molecule has 0 saturated carbocycles. The average molecular weight is 246 g/mol. The van der Waals surface area contributed by atoms with Crippen molar-refractivity contribution in [1.82, 2.24) is 0 Å². The zero-order chi connectivity index (χ0) is 13.4. The smallest absolute Gasteiger partial charge is 0.314 e. The predicted octanol–water partition coefficient (Wildman–Crippen LogP) is 2.61. The quantitative estimate of drug-likeness (QED) is 0.488. The Morgan fingerprint density at radius 2 is 1.65 bits per heavy atom. The number of hydrogen-bond donors (Lipinski definition) is 0. The summed E-state index contributed by atoms with van der Waals surface area (Å²) < 4.78 is 15.6. The van der Waals surface area contributed by atoms with E-state index in [1.165, 1.54) is 0 Å². The van der Waals surface area contributed by atoms with Crippen LogP contribution in [-0.4, -0.2) is 32.6 Å². The van der Waals surface area contributed by atoms with Crippen LogP contribution in [0.4, 0.5) is 0 Å². The highest BCUT2D eigenvalue weighted by atomic mass is 16.7. The van der Waals surface area contributed by atoms with Gasteiger partial charge in [0.05, 0.1) is 6.10 Å². The lowest BCUT2D eigenvalue weighted by Gasteiger charge is -2.26. The Kier molecular flexibility index (Phi) is 8.17. The maximum atomic E-state index is 12.0. The minimum atomic E-state index is -0.532. The molecule has 17 heavy (non-hydrogen) atoms. The molecule has 0 spiro atoms. The molecule has 0 aliphatic carbocycles. The molecule has 0 aromatic rings. The van der Waals surface area contributed by atoms with Crippen molar-refractivity contribution in [2.75, 3.05) is 14.2 Å². The van der Waals surface area contributed by atoms with Gasteiger partial charge in [0, 0.05) is 14.2 Å². The predicted molar refractivity (Wildman–Crippen MR) is 66.6 cm³/mol. The number of methoxy groups -OCH3 is 2. The molecule has 0 fully saturated rings. The summed E-state index contributed by atoms with van der Waals surface area (Å²) in [5.41, 5.74) is 0. The first-order valence-corrected chi connectivity index (χ1v) is 6.22. The summed E-state index contributed by atoms with van der Waals surface area (Å²) in [7, 11) is 3.08. The van der Waals surface area contributed by atoms with Crippen LogP contribution in [-0.2, 0) is 19.0 Å². The Labute approximate surface area is 105 Å². The summed E-state index contributed by atoms with van der Waals surface area (Å²) in [6.45, 7) is 7.89. The van der Waals surface area contributed by atoms with E-state index in [1.54, 1.807) is 14.2 Å². The molecular formula is C13H26O4. The van der Waals surface area contributed by atoms with Crippen LogP contribution in [0.1, 0.15) is 40.5 Å². The maximum absolute atomic E-state index is 12.0. The largest absolute Gasteiger partial charge is 0.463 e. The molecule has 0 radical (unpaired) electrons. The van der Waals surface area contributed by atoms with Gasteiger partial charge in [-0.3, -0.25) is 4.79 Å². The number of esters is 1. The third-order valence-corrected chi connectivity index (χ3v) is 2.80. The van der Waals surface area contributed by atoms with Crippen LogP contribution in [0.15, 0.2) is 0 Å². The molecular weight excluding hydrogens is 220 g/mol. The lowest BCUT2D eigenvalue weighted by Crippen LogP contribution is -2.35. The van der Waals surface area contributed by atoms with Crippen molar-refractivity contribution in [1.29, 1.82) is 0 Å². The fraction of sp³-hybridized carbons (Fsp3) is 0.923. The maximum Gasteiger partial charge on any atom is 0.314 e. The standard InChI is InChI=1S/C13H26O4/c1-7-10(4)8-11(13(15-5)16-6)12(14)17-9(2)3/h9-11,13H,7-8H2,1-6H3. The summed E-state index contributed by atoms with van der Waals surface area (Å²) in [6, 6.07) is 0. The highest BCUT2D eigenvalue weighted by molar-refractivity contribution is 5.73. The summed E-state index contributed by atoms with van der Waals surface area (Å²) in [5, 5.41) is 0. The minimum Gasteiger partial charge on any atom is -0.463 e. The minimum absolute atomic E-state index is 0.115. The van der Waals surface area contributed by atoms with E-state index in [-0.39, 0.29) is 18.0 Å². The topological polar surface area (TPSA) is 44.8 Å². The van der Waals surface area contributed by atoms with Crippen LogP contribution >= 0.6 is 0 Å². The molecule has 2 unspecified atom stereocenters. The molecule has 0 saturated heterocycles. The van der Waals surface area contributed by atoms with Crippen molar-refractivity contribution >= 4 is 5.97 Å². The second-order valence-electron chi connectivity index (χ2n) is 4.68. The van der Waals surface area contributed by atoms with Crippen LogP contribution < -0.4 is 0 Å². The fourth-order valence-electron chi connectivity index (χ4n) is 1.66. The van der Waals surface area contributed by atoms with Gasteiger partial charge < -0.3 is 14.2 Å². The van der Waals surface area contributed by atoms with E-state index >= 15 is 0 Å². The molecule has 102 valence electrons. The van der Waals surface area contributed by atoms with E-state index in [0.29, 0.717) is 12.3 Å². The van der Waals surface area contributed by atoms with E-state index in [0.717, 1.165) is 6.42 Å². The van der Waals surface area contributed by atoms with Gasteiger partial charge in [-0.25, -0.2) is 0 Å². The average Bonchev–Trinajstić information content (AvgIpc) is 2.27. The Morgan fingerprint density at radius 1 is 1.12 bits per heavy atom. The van der Waals surface area contributed by atoms with Crippen LogP contribution in [0.2, 0.25) is 0 Å². The molecule has 0 bridgehead atoms. The molecule has 0 aliphatic heterocycles.